The number of nitrogens with one attached hydrogen (secondary N) is 3. The lowest BCUT2D eigenvalue weighted by Crippen LogP contribution is -2.41. The Morgan fingerprint density at radius 2 is 2.35 bits per heavy atom. The van der Waals surface area contributed by atoms with E-state index in [0.29, 0.717) is 11.2 Å². The maximum Gasteiger partial charge on any atom is 0.321 e. The van der Waals surface area contributed by atoms with Crippen LogP contribution in [0.25, 0.3) is 0 Å². The van der Waals surface area contributed by atoms with Crippen LogP contribution < -0.4 is 16.0 Å². The quantitative estimate of drug-likeness (QED) is 0.771. The minimum atomic E-state index is -0.146. The topological polar surface area (TPSA) is 66.0 Å². The number of anilines is 1. The van der Waals surface area contributed by atoms with E-state index in [1.807, 2.05) is 19.4 Å². The highest BCUT2D eigenvalue weighted by Crippen LogP contribution is 2.21. The van der Waals surface area contributed by atoms with Crippen LogP contribution in [0.2, 0.25) is 0 Å². The number of nitrogens with zero attached hydrogens (tertiary/aromatic N) is 1. The summed E-state index contributed by atoms with van der Waals surface area (Å²) < 4.78 is 0. The normalized spacial score (nSPS) is 17.3. The van der Waals surface area contributed by atoms with Crippen LogP contribution in [0.5, 0.6) is 0 Å². The lowest BCUT2D eigenvalue weighted by Gasteiger charge is -2.26. The van der Waals surface area contributed by atoms with Crippen molar-refractivity contribution in [3.05, 3.63) is 11.1 Å². The van der Waals surface area contributed by atoms with Gasteiger partial charge in [-0.1, -0.05) is 0 Å². The van der Waals surface area contributed by atoms with Crippen molar-refractivity contribution in [3.63, 3.8) is 0 Å². The molecule has 1 atom stereocenters. The largest absolute Gasteiger partial charge is 0.335 e. The fourth-order valence-corrected chi connectivity index (χ4v) is 2.36. The summed E-state index contributed by atoms with van der Waals surface area (Å²) in [6.45, 7) is 2.03. The van der Waals surface area contributed by atoms with E-state index in [2.05, 4.69) is 20.9 Å². The van der Waals surface area contributed by atoms with E-state index in [4.69, 9.17) is 0 Å². The third kappa shape index (κ3) is 3.17. The second-order valence-electron chi connectivity index (χ2n) is 4.31. The van der Waals surface area contributed by atoms with Gasteiger partial charge in [0.1, 0.15) is 0 Å². The first kappa shape index (κ1) is 12.3. The van der Waals surface area contributed by atoms with E-state index in [9.17, 15) is 4.79 Å². The average molecular weight is 254 g/mol. The molecule has 94 valence electrons. The molecule has 1 aliphatic carbocycles. The maximum absolute atomic E-state index is 11.6. The van der Waals surface area contributed by atoms with Gasteiger partial charge in [-0.25, -0.2) is 9.78 Å². The number of rotatable bonds is 4. The molecular weight excluding hydrogens is 236 g/mol. The van der Waals surface area contributed by atoms with E-state index in [0.717, 1.165) is 18.5 Å². The number of hydrogen-bond acceptors (Lipinski definition) is 4. The number of urea groups is 1. The molecule has 6 heteroatoms. The molecule has 1 fully saturated rings. The molecule has 17 heavy (non-hydrogen) atoms. The molecule has 3 N–H and O–H groups in total. The molecule has 0 bridgehead atoms. The van der Waals surface area contributed by atoms with Crippen molar-refractivity contribution in [2.45, 2.75) is 38.3 Å². The first-order valence-corrected chi connectivity index (χ1v) is 6.77. The molecule has 2 amide bonds. The standard InChI is InChI=1S/C11H18N4OS/c1-7(12-2)9-6-17-11(14-9)15-10(16)13-8-4-3-5-8/h6-8,12H,3-5H2,1-2H3,(H2,13,14,15,16). The minimum absolute atomic E-state index is 0.146. The van der Waals surface area contributed by atoms with E-state index < -0.39 is 0 Å². The predicted octanol–water partition coefficient (Wildman–Crippen LogP) is 2.10. The van der Waals surface area contributed by atoms with E-state index in [1.165, 1.54) is 17.8 Å². The van der Waals surface area contributed by atoms with Gasteiger partial charge in [0.2, 0.25) is 0 Å². The lowest BCUT2D eigenvalue weighted by molar-refractivity contribution is 0.240. The van der Waals surface area contributed by atoms with Crippen LogP contribution in [0.3, 0.4) is 0 Å². The summed E-state index contributed by atoms with van der Waals surface area (Å²) in [6.07, 6.45) is 3.40. The van der Waals surface area contributed by atoms with Crippen molar-refractivity contribution >= 4 is 22.5 Å². The first-order chi connectivity index (χ1) is 8.19. The summed E-state index contributed by atoms with van der Waals surface area (Å²) in [5.74, 6) is 0. The van der Waals surface area contributed by atoms with Crippen LogP contribution in [0.1, 0.15) is 37.9 Å². The second kappa shape index (κ2) is 5.46. The van der Waals surface area contributed by atoms with Gasteiger partial charge in [-0.3, -0.25) is 5.32 Å². The Labute approximate surface area is 105 Å². The van der Waals surface area contributed by atoms with Gasteiger partial charge in [0.15, 0.2) is 5.13 Å². The monoisotopic (exact) mass is 254 g/mol. The zero-order chi connectivity index (χ0) is 12.3. The lowest BCUT2D eigenvalue weighted by atomic mass is 9.93. The van der Waals surface area contributed by atoms with Crippen LogP contribution >= 0.6 is 11.3 Å². The van der Waals surface area contributed by atoms with Gasteiger partial charge in [-0.05, 0) is 33.2 Å². The third-order valence-electron chi connectivity index (χ3n) is 3.06. The van der Waals surface area contributed by atoms with Crippen LogP contribution in [0.15, 0.2) is 5.38 Å². The average Bonchev–Trinajstić information content (AvgIpc) is 2.71. The van der Waals surface area contributed by atoms with Crippen LogP contribution in [0, 0.1) is 0 Å². The van der Waals surface area contributed by atoms with Crippen LogP contribution in [-0.2, 0) is 0 Å². The van der Waals surface area contributed by atoms with Gasteiger partial charge in [0.25, 0.3) is 0 Å². The van der Waals surface area contributed by atoms with Gasteiger partial charge in [0.05, 0.1) is 5.69 Å². The van der Waals surface area contributed by atoms with Gasteiger partial charge in [-0.2, -0.15) is 0 Å². The molecule has 1 aliphatic rings. The molecule has 1 aromatic heterocycles. The van der Waals surface area contributed by atoms with Crippen molar-refractivity contribution in [2.24, 2.45) is 0 Å². The zero-order valence-corrected chi connectivity index (χ0v) is 10.9. The van der Waals surface area contributed by atoms with Gasteiger partial charge < -0.3 is 10.6 Å². The molecule has 0 saturated heterocycles. The fraction of sp³-hybridized carbons (Fsp3) is 0.636. The summed E-state index contributed by atoms with van der Waals surface area (Å²) in [7, 11) is 1.89. The summed E-state index contributed by atoms with van der Waals surface area (Å²) in [5.41, 5.74) is 0.955. The highest BCUT2D eigenvalue weighted by Gasteiger charge is 2.19. The SMILES string of the molecule is CNC(C)c1csc(NC(=O)NC2CCC2)n1. The number of thiazole rings is 1. The molecule has 1 aromatic rings. The Kier molecular flexibility index (Phi) is 3.96. The second-order valence-corrected chi connectivity index (χ2v) is 5.17. The molecular formula is C11H18N4OS. The van der Waals surface area contributed by atoms with Crippen LogP contribution in [-0.4, -0.2) is 24.1 Å². The Hall–Kier alpha value is -1.14. The molecule has 0 radical (unpaired) electrons. The van der Waals surface area contributed by atoms with Crippen molar-refractivity contribution in [1.82, 2.24) is 15.6 Å². The van der Waals surface area contributed by atoms with E-state index in [1.54, 1.807) is 0 Å². The predicted molar refractivity (Wildman–Crippen MR) is 69.4 cm³/mol. The molecule has 1 heterocycles. The molecule has 1 unspecified atom stereocenters. The molecule has 1 saturated carbocycles. The number of aromatic nitrogens is 1. The van der Waals surface area contributed by atoms with Gasteiger partial charge in [-0.15, -0.1) is 11.3 Å². The van der Waals surface area contributed by atoms with E-state index >= 15 is 0 Å². The van der Waals surface area contributed by atoms with Crippen molar-refractivity contribution in [3.8, 4) is 0 Å². The van der Waals surface area contributed by atoms with Crippen molar-refractivity contribution < 1.29 is 4.79 Å². The van der Waals surface area contributed by atoms with E-state index in [-0.39, 0.29) is 12.1 Å². The molecule has 5 nitrogen and oxygen atoms in total. The summed E-state index contributed by atoms with van der Waals surface area (Å²) in [6, 6.07) is 0.412. The maximum atomic E-state index is 11.6. The molecule has 0 aromatic carbocycles. The summed E-state index contributed by atoms with van der Waals surface area (Å²) >= 11 is 1.45. The number of carbonyl (C=O) groups excluding carboxylic acids is 1. The Bertz CT molecular complexity index is 389. The fourth-order valence-electron chi connectivity index (χ4n) is 1.56. The zero-order valence-electron chi connectivity index (χ0n) is 10.1. The third-order valence-corrected chi connectivity index (χ3v) is 3.84. The first-order valence-electron chi connectivity index (χ1n) is 5.89. The Morgan fingerprint density at radius 1 is 1.59 bits per heavy atom. The highest BCUT2D eigenvalue weighted by molar-refractivity contribution is 7.13. The molecule has 0 aliphatic heterocycles. The number of carbonyl (C=O) groups is 1. The van der Waals surface area contributed by atoms with Crippen molar-refractivity contribution in [1.29, 1.82) is 0 Å². The Balaban J connectivity index is 1.85. The highest BCUT2D eigenvalue weighted by atomic mass is 32.1. The summed E-state index contributed by atoms with van der Waals surface area (Å²) in [5, 5.41) is 11.4. The smallest absolute Gasteiger partial charge is 0.321 e. The van der Waals surface area contributed by atoms with Gasteiger partial charge >= 0.3 is 6.03 Å². The minimum Gasteiger partial charge on any atom is -0.335 e. The van der Waals surface area contributed by atoms with Gasteiger partial charge in [0, 0.05) is 17.5 Å². The number of amides is 2. The molecule has 0 spiro atoms. The van der Waals surface area contributed by atoms with Crippen molar-refractivity contribution in [2.75, 3.05) is 12.4 Å². The molecule has 2 rings (SSSR count). The summed E-state index contributed by atoms with van der Waals surface area (Å²) in [4.78, 5) is 15.9. The van der Waals surface area contributed by atoms with Crippen LogP contribution in [0.4, 0.5) is 9.93 Å². The number of hydrogen-bond donors (Lipinski definition) is 3. The Morgan fingerprint density at radius 3 is 2.94 bits per heavy atom.